The van der Waals surface area contributed by atoms with Crippen molar-refractivity contribution < 1.29 is 4.74 Å². The monoisotopic (exact) mass is 309 g/mol. The number of ether oxygens (including phenoxy) is 1. The lowest BCUT2D eigenvalue weighted by Crippen LogP contribution is -2.19. The second kappa shape index (κ2) is 6.98. The number of benzene rings is 2. The van der Waals surface area contributed by atoms with Gasteiger partial charge < -0.3 is 10.1 Å². The van der Waals surface area contributed by atoms with E-state index in [9.17, 15) is 0 Å². The van der Waals surface area contributed by atoms with E-state index in [4.69, 9.17) is 27.9 Å². The fraction of sp³-hybridized carbons (Fsp3) is 0.250. The number of hydrogen-bond donors (Lipinski definition) is 1. The first-order chi connectivity index (χ1) is 9.65. The molecule has 0 heterocycles. The minimum absolute atomic E-state index is 0.120. The van der Waals surface area contributed by atoms with E-state index in [1.54, 1.807) is 13.2 Å². The summed E-state index contributed by atoms with van der Waals surface area (Å²) in [6.07, 6.45) is 0.834. The average Bonchev–Trinajstić information content (AvgIpc) is 2.48. The van der Waals surface area contributed by atoms with E-state index in [1.165, 1.54) is 5.56 Å². The molecule has 0 saturated heterocycles. The summed E-state index contributed by atoms with van der Waals surface area (Å²) in [5.41, 5.74) is 2.22. The van der Waals surface area contributed by atoms with Gasteiger partial charge in [-0.3, -0.25) is 0 Å². The molecule has 0 bridgehead atoms. The molecule has 20 heavy (non-hydrogen) atoms. The Kier molecular flexibility index (Phi) is 5.30. The summed E-state index contributed by atoms with van der Waals surface area (Å²) in [7, 11) is 3.59. The Labute approximate surface area is 129 Å². The van der Waals surface area contributed by atoms with Crippen molar-refractivity contribution in [2.45, 2.75) is 12.5 Å². The zero-order chi connectivity index (χ0) is 14.5. The summed E-state index contributed by atoms with van der Waals surface area (Å²) in [6.45, 7) is 0. The van der Waals surface area contributed by atoms with Gasteiger partial charge in [-0.2, -0.15) is 0 Å². The van der Waals surface area contributed by atoms with Gasteiger partial charge >= 0.3 is 0 Å². The van der Waals surface area contributed by atoms with Gasteiger partial charge in [0.25, 0.3) is 0 Å². The van der Waals surface area contributed by atoms with Crippen LogP contribution in [0.2, 0.25) is 10.0 Å². The molecule has 0 fully saturated rings. The van der Waals surface area contributed by atoms with Crippen molar-refractivity contribution in [2.75, 3.05) is 14.2 Å². The molecule has 2 aromatic carbocycles. The Morgan fingerprint density at radius 3 is 2.40 bits per heavy atom. The van der Waals surface area contributed by atoms with Crippen LogP contribution in [0.1, 0.15) is 17.2 Å². The van der Waals surface area contributed by atoms with E-state index in [-0.39, 0.29) is 6.04 Å². The van der Waals surface area contributed by atoms with Crippen molar-refractivity contribution in [1.82, 2.24) is 5.32 Å². The van der Waals surface area contributed by atoms with Crippen molar-refractivity contribution >= 4 is 23.2 Å². The highest BCUT2D eigenvalue weighted by Crippen LogP contribution is 2.31. The molecule has 4 heteroatoms. The van der Waals surface area contributed by atoms with Crippen molar-refractivity contribution in [3.8, 4) is 5.75 Å². The third kappa shape index (κ3) is 3.45. The first-order valence-corrected chi connectivity index (χ1v) is 7.15. The maximum atomic E-state index is 6.29. The van der Waals surface area contributed by atoms with E-state index < -0.39 is 0 Å². The Morgan fingerprint density at radius 1 is 1.10 bits per heavy atom. The van der Waals surface area contributed by atoms with Crippen LogP contribution in [0.4, 0.5) is 0 Å². The van der Waals surface area contributed by atoms with E-state index in [0.717, 1.165) is 17.7 Å². The zero-order valence-electron chi connectivity index (χ0n) is 11.5. The maximum Gasteiger partial charge on any atom is 0.118 e. The van der Waals surface area contributed by atoms with Gasteiger partial charge in [-0.1, -0.05) is 47.5 Å². The molecule has 0 saturated carbocycles. The van der Waals surface area contributed by atoms with Gasteiger partial charge in [0.15, 0.2) is 0 Å². The molecule has 2 nitrogen and oxygen atoms in total. The zero-order valence-corrected chi connectivity index (χ0v) is 13.0. The molecule has 0 aliphatic carbocycles. The largest absolute Gasteiger partial charge is 0.497 e. The summed E-state index contributed by atoms with van der Waals surface area (Å²) in [6, 6.07) is 13.9. The number of hydrogen-bond acceptors (Lipinski definition) is 2. The third-order valence-electron chi connectivity index (χ3n) is 3.30. The average molecular weight is 310 g/mol. The predicted octanol–water partition coefficient (Wildman–Crippen LogP) is 4.51. The first-order valence-electron chi connectivity index (χ1n) is 6.39. The molecule has 0 aliphatic heterocycles. The third-order valence-corrected chi connectivity index (χ3v) is 4.14. The minimum Gasteiger partial charge on any atom is -0.497 e. The summed E-state index contributed by atoms with van der Waals surface area (Å²) < 4.78 is 5.17. The van der Waals surface area contributed by atoms with Gasteiger partial charge in [0.05, 0.1) is 17.2 Å². The van der Waals surface area contributed by atoms with Crippen LogP contribution in [0.3, 0.4) is 0 Å². The van der Waals surface area contributed by atoms with Crippen LogP contribution < -0.4 is 10.1 Å². The molecule has 2 rings (SSSR count). The topological polar surface area (TPSA) is 21.3 Å². The number of methoxy groups -OCH3 is 1. The Hall–Kier alpha value is -1.22. The molecule has 0 radical (unpaired) electrons. The minimum atomic E-state index is 0.120. The van der Waals surface area contributed by atoms with Crippen molar-refractivity contribution in [1.29, 1.82) is 0 Å². The second-order valence-corrected chi connectivity index (χ2v) is 5.32. The number of halogens is 2. The molecular formula is C16H17Cl2NO. The highest BCUT2D eigenvalue weighted by atomic mass is 35.5. The van der Waals surface area contributed by atoms with Gasteiger partial charge in [0.1, 0.15) is 5.75 Å². The van der Waals surface area contributed by atoms with Crippen LogP contribution in [0, 0.1) is 0 Å². The Bertz CT molecular complexity index is 569. The lowest BCUT2D eigenvalue weighted by atomic mass is 9.99. The van der Waals surface area contributed by atoms with Gasteiger partial charge in [0.2, 0.25) is 0 Å². The van der Waals surface area contributed by atoms with Gasteiger partial charge in [0, 0.05) is 6.04 Å². The van der Waals surface area contributed by atoms with Crippen LogP contribution in [0.25, 0.3) is 0 Å². The Balaban J connectivity index is 2.21. The fourth-order valence-corrected chi connectivity index (χ4v) is 2.59. The molecule has 0 aliphatic rings. The predicted molar refractivity (Wildman–Crippen MR) is 85.0 cm³/mol. The molecule has 1 atom stereocenters. The molecule has 106 valence electrons. The SMILES string of the molecule is CNC(Cc1ccc(OC)cc1)c1cccc(Cl)c1Cl. The molecule has 1 N–H and O–H groups in total. The molecule has 2 aromatic rings. The Morgan fingerprint density at radius 2 is 1.80 bits per heavy atom. The number of likely N-dealkylation sites (N-methyl/N-ethyl adjacent to an activating group) is 1. The quantitative estimate of drug-likeness (QED) is 0.877. The van der Waals surface area contributed by atoms with Crippen LogP contribution in [-0.4, -0.2) is 14.2 Å². The summed E-state index contributed by atoms with van der Waals surface area (Å²) >= 11 is 12.4. The molecule has 0 aromatic heterocycles. The van der Waals surface area contributed by atoms with Gasteiger partial charge in [-0.05, 0) is 42.8 Å². The van der Waals surface area contributed by atoms with E-state index in [2.05, 4.69) is 17.4 Å². The van der Waals surface area contributed by atoms with E-state index in [0.29, 0.717) is 10.0 Å². The van der Waals surface area contributed by atoms with Crippen molar-refractivity contribution in [2.24, 2.45) is 0 Å². The van der Waals surface area contributed by atoms with Crippen LogP contribution in [0.15, 0.2) is 42.5 Å². The second-order valence-electron chi connectivity index (χ2n) is 4.54. The summed E-state index contributed by atoms with van der Waals surface area (Å²) in [5, 5.41) is 4.48. The standard InChI is InChI=1S/C16H17Cl2NO/c1-19-15(13-4-3-5-14(17)16(13)18)10-11-6-8-12(20-2)9-7-11/h3-9,15,19H,10H2,1-2H3. The van der Waals surface area contributed by atoms with E-state index >= 15 is 0 Å². The van der Waals surface area contributed by atoms with Crippen molar-refractivity contribution in [3.05, 3.63) is 63.6 Å². The molecule has 0 spiro atoms. The van der Waals surface area contributed by atoms with Crippen LogP contribution >= 0.6 is 23.2 Å². The van der Waals surface area contributed by atoms with Crippen LogP contribution in [0.5, 0.6) is 5.75 Å². The van der Waals surface area contributed by atoms with Gasteiger partial charge in [-0.15, -0.1) is 0 Å². The first kappa shape index (κ1) is 15.2. The number of nitrogens with one attached hydrogen (secondary N) is 1. The summed E-state index contributed by atoms with van der Waals surface area (Å²) in [4.78, 5) is 0. The lowest BCUT2D eigenvalue weighted by molar-refractivity contribution is 0.414. The maximum absolute atomic E-state index is 6.29. The smallest absolute Gasteiger partial charge is 0.118 e. The van der Waals surface area contributed by atoms with Crippen LogP contribution in [-0.2, 0) is 6.42 Å². The van der Waals surface area contributed by atoms with Crippen molar-refractivity contribution in [3.63, 3.8) is 0 Å². The lowest BCUT2D eigenvalue weighted by Gasteiger charge is -2.19. The number of rotatable bonds is 5. The molecule has 0 amide bonds. The highest BCUT2D eigenvalue weighted by Gasteiger charge is 2.15. The fourth-order valence-electron chi connectivity index (χ4n) is 2.15. The summed E-state index contributed by atoms with van der Waals surface area (Å²) in [5.74, 6) is 0.857. The normalized spacial score (nSPS) is 12.2. The highest BCUT2D eigenvalue weighted by molar-refractivity contribution is 6.42. The molecule has 1 unspecified atom stereocenters. The van der Waals surface area contributed by atoms with Gasteiger partial charge in [-0.25, -0.2) is 0 Å². The molecular weight excluding hydrogens is 293 g/mol. The van der Waals surface area contributed by atoms with E-state index in [1.807, 2.05) is 31.3 Å².